The third-order valence-electron chi connectivity index (χ3n) is 3.95. The lowest BCUT2D eigenvalue weighted by atomic mass is 10.1. The predicted octanol–water partition coefficient (Wildman–Crippen LogP) is 7.14. The minimum atomic E-state index is 1.20. The zero-order chi connectivity index (χ0) is 17.9. The van der Waals surface area contributed by atoms with Gasteiger partial charge in [0.1, 0.15) is 0 Å². The Labute approximate surface area is 156 Å². The van der Waals surface area contributed by atoms with Crippen molar-refractivity contribution in [2.75, 3.05) is 0 Å². The van der Waals surface area contributed by atoms with Gasteiger partial charge in [0.2, 0.25) is 0 Å². The van der Waals surface area contributed by atoms with E-state index in [2.05, 4.69) is 97.1 Å². The van der Waals surface area contributed by atoms with Gasteiger partial charge in [0.05, 0.1) is 0 Å². The third kappa shape index (κ3) is 5.61. The molecule has 0 unspecified atom stereocenters. The van der Waals surface area contributed by atoms with E-state index in [1.54, 1.807) is 0 Å². The van der Waals surface area contributed by atoms with Gasteiger partial charge in [-0.1, -0.05) is 134 Å². The van der Waals surface area contributed by atoms with Gasteiger partial charge in [-0.05, 0) is 22.3 Å². The first-order chi connectivity index (χ1) is 12.9. The van der Waals surface area contributed by atoms with Crippen LogP contribution in [0, 0.1) is 0 Å². The molecule has 0 saturated carbocycles. The SMILES string of the molecule is C(C=Cc1ccccc1C=CC=Cc1ccccc1)=Cc1ccccc1. The van der Waals surface area contributed by atoms with Gasteiger partial charge in [0.25, 0.3) is 0 Å². The third-order valence-corrected chi connectivity index (χ3v) is 3.95. The minimum Gasteiger partial charge on any atom is -0.0622 e. The standard InChI is InChI=1S/C26H22/c1-3-13-23(14-4-1)17-7-9-19-25-21-11-12-22-26(25)20-10-8-18-24-15-5-2-6-16-24/h1-22H. The second kappa shape index (κ2) is 9.80. The normalized spacial score (nSPS) is 12.0. The summed E-state index contributed by atoms with van der Waals surface area (Å²) >= 11 is 0. The van der Waals surface area contributed by atoms with Crippen LogP contribution >= 0.6 is 0 Å². The van der Waals surface area contributed by atoms with Crippen molar-refractivity contribution in [2.24, 2.45) is 0 Å². The van der Waals surface area contributed by atoms with Crippen LogP contribution in [0.15, 0.2) is 109 Å². The van der Waals surface area contributed by atoms with E-state index in [1.165, 1.54) is 22.3 Å². The van der Waals surface area contributed by atoms with E-state index < -0.39 is 0 Å². The molecule has 26 heavy (non-hydrogen) atoms. The summed E-state index contributed by atoms with van der Waals surface area (Å²) in [7, 11) is 0. The molecule has 0 aliphatic heterocycles. The van der Waals surface area contributed by atoms with Crippen LogP contribution < -0.4 is 0 Å². The molecule has 0 atom stereocenters. The Balaban J connectivity index is 1.66. The Morgan fingerprint density at radius 3 is 1.12 bits per heavy atom. The van der Waals surface area contributed by atoms with Crippen LogP contribution in [0.3, 0.4) is 0 Å². The quantitative estimate of drug-likeness (QED) is 0.420. The monoisotopic (exact) mass is 334 g/mol. The second-order valence-corrected chi connectivity index (χ2v) is 5.89. The summed E-state index contributed by atoms with van der Waals surface area (Å²) in [5, 5.41) is 0. The van der Waals surface area contributed by atoms with E-state index in [0.717, 1.165) is 0 Å². The number of allylic oxidation sites excluding steroid dienone is 4. The first-order valence-electron chi connectivity index (χ1n) is 8.80. The molecular formula is C26H22. The molecule has 0 nitrogen and oxygen atoms in total. The van der Waals surface area contributed by atoms with Crippen molar-refractivity contribution in [3.8, 4) is 0 Å². The Morgan fingerprint density at radius 2 is 0.692 bits per heavy atom. The molecule has 3 rings (SSSR count). The maximum absolute atomic E-state index is 2.14. The fraction of sp³-hybridized carbons (Fsp3) is 0. The van der Waals surface area contributed by atoms with Crippen molar-refractivity contribution in [2.45, 2.75) is 0 Å². The smallest absolute Gasteiger partial charge is 0.0184 e. The summed E-state index contributed by atoms with van der Waals surface area (Å²) in [6.45, 7) is 0. The fourth-order valence-corrected chi connectivity index (χ4v) is 2.59. The van der Waals surface area contributed by atoms with Crippen LogP contribution in [0.1, 0.15) is 22.3 Å². The lowest BCUT2D eigenvalue weighted by Crippen LogP contribution is -1.78. The summed E-state index contributed by atoms with van der Waals surface area (Å²) in [6, 6.07) is 29.0. The maximum atomic E-state index is 2.14. The molecule has 0 fully saturated rings. The van der Waals surface area contributed by atoms with Gasteiger partial charge in [0, 0.05) is 0 Å². The van der Waals surface area contributed by atoms with Crippen LogP contribution in [0.4, 0.5) is 0 Å². The number of rotatable bonds is 6. The topological polar surface area (TPSA) is 0 Å². The minimum absolute atomic E-state index is 1.20. The largest absolute Gasteiger partial charge is 0.0622 e. The Morgan fingerprint density at radius 1 is 0.346 bits per heavy atom. The predicted molar refractivity (Wildman–Crippen MR) is 115 cm³/mol. The highest BCUT2D eigenvalue weighted by molar-refractivity contribution is 5.68. The van der Waals surface area contributed by atoms with Gasteiger partial charge in [-0.3, -0.25) is 0 Å². The van der Waals surface area contributed by atoms with Crippen molar-refractivity contribution >= 4 is 24.3 Å². The van der Waals surface area contributed by atoms with Gasteiger partial charge < -0.3 is 0 Å². The Kier molecular flexibility index (Phi) is 6.58. The molecule has 0 aliphatic carbocycles. The van der Waals surface area contributed by atoms with Gasteiger partial charge in [-0.15, -0.1) is 0 Å². The van der Waals surface area contributed by atoms with Crippen LogP contribution in [0.2, 0.25) is 0 Å². The number of hydrogen-bond acceptors (Lipinski definition) is 0. The lowest BCUT2D eigenvalue weighted by molar-refractivity contribution is 1.61. The van der Waals surface area contributed by atoms with Crippen LogP contribution in [0.25, 0.3) is 24.3 Å². The molecule has 0 radical (unpaired) electrons. The van der Waals surface area contributed by atoms with E-state index in [4.69, 9.17) is 0 Å². The molecule has 126 valence electrons. The molecule has 0 spiro atoms. The van der Waals surface area contributed by atoms with Crippen molar-refractivity contribution in [1.29, 1.82) is 0 Å². The molecule has 0 saturated heterocycles. The molecule has 0 heteroatoms. The molecule has 0 bridgehead atoms. The highest BCUT2D eigenvalue weighted by Crippen LogP contribution is 2.13. The fourth-order valence-electron chi connectivity index (χ4n) is 2.59. The zero-order valence-electron chi connectivity index (χ0n) is 14.7. The van der Waals surface area contributed by atoms with E-state index in [0.29, 0.717) is 0 Å². The highest BCUT2D eigenvalue weighted by Gasteiger charge is 1.92. The summed E-state index contributed by atoms with van der Waals surface area (Å²) in [5.41, 5.74) is 4.82. The highest BCUT2D eigenvalue weighted by atomic mass is 14.0. The van der Waals surface area contributed by atoms with Crippen molar-refractivity contribution in [3.05, 3.63) is 131 Å². The van der Waals surface area contributed by atoms with E-state index in [1.807, 2.05) is 36.4 Å². The number of hydrogen-bond donors (Lipinski definition) is 0. The average Bonchev–Trinajstić information content (AvgIpc) is 2.71. The van der Waals surface area contributed by atoms with E-state index in [9.17, 15) is 0 Å². The molecule has 3 aromatic rings. The van der Waals surface area contributed by atoms with Gasteiger partial charge in [-0.2, -0.15) is 0 Å². The first-order valence-corrected chi connectivity index (χ1v) is 8.80. The maximum Gasteiger partial charge on any atom is -0.0184 e. The van der Waals surface area contributed by atoms with Crippen molar-refractivity contribution in [1.82, 2.24) is 0 Å². The van der Waals surface area contributed by atoms with E-state index >= 15 is 0 Å². The molecule has 0 amide bonds. The van der Waals surface area contributed by atoms with Gasteiger partial charge >= 0.3 is 0 Å². The molecular weight excluding hydrogens is 312 g/mol. The molecule has 0 N–H and O–H groups in total. The van der Waals surface area contributed by atoms with Crippen molar-refractivity contribution in [3.63, 3.8) is 0 Å². The number of benzene rings is 3. The average molecular weight is 334 g/mol. The van der Waals surface area contributed by atoms with E-state index in [-0.39, 0.29) is 0 Å². The summed E-state index contributed by atoms with van der Waals surface area (Å²) in [4.78, 5) is 0. The van der Waals surface area contributed by atoms with Crippen LogP contribution in [0.5, 0.6) is 0 Å². The summed E-state index contributed by atoms with van der Waals surface area (Å²) in [6.07, 6.45) is 16.8. The summed E-state index contributed by atoms with van der Waals surface area (Å²) < 4.78 is 0. The zero-order valence-corrected chi connectivity index (χ0v) is 14.7. The van der Waals surface area contributed by atoms with Crippen molar-refractivity contribution < 1.29 is 0 Å². The van der Waals surface area contributed by atoms with Gasteiger partial charge in [0.15, 0.2) is 0 Å². The second-order valence-electron chi connectivity index (χ2n) is 5.89. The molecule has 0 aliphatic rings. The molecule has 3 aromatic carbocycles. The van der Waals surface area contributed by atoms with Crippen LogP contribution in [-0.4, -0.2) is 0 Å². The first kappa shape index (κ1) is 17.4. The van der Waals surface area contributed by atoms with Gasteiger partial charge in [-0.25, -0.2) is 0 Å². The molecule has 0 heterocycles. The summed E-state index contributed by atoms with van der Waals surface area (Å²) in [5.74, 6) is 0. The molecule has 0 aromatic heterocycles. The lowest BCUT2D eigenvalue weighted by Gasteiger charge is -1.99. The Hall–Kier alpha value is -3.38. The van der Waals surface area contributed by atoms with Crippen LogP contribution in [-0.2, 0) is 0 Å². The Bertz CT molecular complexity index is 832.